The predicted molar refractivity (Wildman–Crippen MR) is 55.0 cm³/mol. The molecular formula is C11H16FNO. The average molecular weight is 197 g/mol. The van der Waals surface area contributed by atoms with Crippen LogP contribution in [-0.4, -0.2) is 13.7 Å². The summed E-state index contributed by atoms with van der Waals surface area (Å²) in [7, 11) is 1.57. The van der Waals surface area contributed by atoms with E-state index in [2.05, 4.69) is 0 Å². The second-order valence-electron chi connectivity index (χ2n) is 3.93. The van der Waals surface area contributed by atoms with Crippen molar-refractivity contribution < 1.29 is 9.13 Å². The molecular weight excluding hydrogens is 181 g/mol. The molecule has 14 heavy (non-hydrogen) atoms. The first kappa shape index (κ1) is 11.0. The molecule has 0 aliphatic carbocycles. The van der Waals surface area contributed by atoms with E-state index in [0.717, 1.165) is 5.56 Å². The van der Waals surface area contributed by atoms with Crippen LogP contribution in [-0.2, 0) is 5.41 Å². The molecule has 0 radical (unpaired) electrons. The van der Waals surface area contributed by atoms with Crippen LogP contribution in [0, 0.1) is 5.82 Å². The molecule has 0 fully saturated rings. The molecule has 0 aromatic heterocycles. The van der Waals surface area contributed by atoms with Crippen LogP contribution >= 0.6 is 0 Å². The van der Waals surface area contributed by atoms with Gasteiger partial charge in [-0.25, -0.2) is 4.39 Å². The zero-order valence-electron chi connectivity index (χ0n) is 8.80. The van der Waals surface area contributed by atoms with E-state index in [9.17, 15) is 4.39 Å². The minimum Gasteiger partial charge on any atom is -0.496 e. The van der Waals surface area contributed by atoms with Gasteiger partial charge in [-0.1, -0.05) is 13.8 Å². The molecule has 3 heteroatoms. The number of nitrogens with two attached hydrogens (primary N) is 1. The van der Waals surface area contributed by atoms with Crippen LogP contribution in [0.4, 0.5) is 4.39 Å². The van der Waals surface area contributed by atoms with Gasteiger partial charge in [0.25, 0.3) is 0 Å². The van der Waals surface area contributed by atoms with E-state index in [1.54, 1.807) is 13.2 Å². The zero-order chi connectivity index (χ0) is 10.8. The number of rotatable bonds is 3. The Kier molecular flexibility index (Phi) is 3.11. The van der Waals surface area contributed by atoms with E-state index >= 15 is 0 Å². The van der Waals surface area contributed by atoms with Gasteiger partial charge in [0, 0.05) is 17.5 Å². The van der Waals surface area contributed by atoms with Crippen molar-refractivity contribution in [1.82, 2.24) is 0 Å². The number of hydrogen-bond donors (Lipinski definition) is 1. The summed E-state index contributed by atoms with van der Waals surface area (Å²) in [5, 5.41) is 0. The molecule has 1 rings (SSSR count). The van der Waals surface area contributed by atoms with Gasteiger partial charge < -0.3 is 10.5 Å². The van der Waals surface area contributed by atoms with Crippen molar-refractivity contribution in [2.75, 3.05) is 13.7 Å². The highest BCUT2D eigenvalue weighted by Crippen LogP contribution is 2.31. The summed E-state index contributed by atoms with van der Waals surface area (Å²) in [5.41, 5.74) is 6.17. The number of methoxy groups -OCH3 is 1. The molecule has 0 aliphatic heterocycles. The average Bonchev–Trinajstić information content (AvgIpc) is 2.18. The molecule has 0 aliphatic rings. The lowest BCUT2D eigenvalue weighted by Gasteiger charge is -2.25. The minimum atomic E-state index is -0.270. The SMILES string of the molecule is COc1ccc(F)cc1C(C)(C)CN. The Morgan fingerprint density at radius 3 is 2.57 bits per heavy atom. The van der Waals surface area contributed by atoms with Gasteiger partial charge in [0.15, 0.2) is 0 Å². The maximum atomic E-state index is 13.1. The number of hydrogen-bond acceptors (Lipinski definition) is 2. The highest BCUT2D eigenvalue weighted by molar-refractivity contribution is 5.39. The molecule has 0 heterocycles. The Hall–Kier alpha value is -1.09. The fraction of sp³-hybridized carbons (Fsp3) is 0.455. The van der Waals surface area contributed by atoms with Crippen LogP contribution < -0.4 is 10.5 Å². The first-order chi connectivity index (χ1) is 6.51. The highest BCUT2D eigenvalue weighted by Gasteiger charge is 2.23. The summed E-state index contributed by atoms with van der Waals surface area (Å²) < 4.78 is 18.2. The quantitative estimate of drug-likeness (QED) is 0.805. The third kappa shape index (κ3) is 2.04. The summed E-state index contributed by atoms with van der Waals surface area (Å²) in [5.74, 6) is 0.421. The van der Waals surface area contributed by atoms with Crippen LogP contribution in [0.25, 0.3) is 0 Å². The van der Waals surface area contributed by atoms with Crippen LogP contribution in [0.3, 0.4) is 0 Å². The van der Waals surface area contributed by atoms with E-state index < -0.39 is 0 Å². The van der Waals surface area contributed by atoms with Gasteiger partial charge in [0.05, 0.1) is 7.11 Å². The first-order valence-electron chi connectivity index (χ1n) is 4.55. The lowest BCUT2D eigenvalue weighted by molar-refractivity contribution is 0.391. The molecule has 2 N–H and O–H groups in total. The lowest BCUT2D eigenvalue weighted by Crippen LogP contribution is -2.28. The second kappa shape index (κ2) is 3.96. The topological polar surface area (TPSA) is 35.2 Å². The number of halogens is 1. The molecule has 1 aromatic carbocycles. The Morgan fingerprint density at radius 2 is 2.07 bits per heavy atom. The minimum absolute atomic E-state index is 0.262. The molecule has 0 atom stereocenters. The summed E-state index contributed by atoms with van der Waals surface area (Å²) in [4.78, 5) is 0. The van der Waals surface area contributed by atoms with Crippen molar-refractivity contribution in [1.29, 1.82) is 0 Å². The maximum Gasteiger partial charge on any atom is 0.123 e. The van der Waals surface area contributed by atoms with Gasteiger partial charge in [0.2, 0.25) is 0 Å². The summed E-state index contributed by atoms with van der Waals surface area (Å²) >= 11 is 0. The van der Waals surface area contributed by atoms with Crippen molar-refractivity contribution in [3.8, 4) is 5.75 Å². The van der Waals surface area contributed by atoms with Gasteiger partial charge in [0.1, 0.15) is 11.6 Å². The van der Waals surface area contributed by atoms with Crippen LogP contribution in [0.15, 0.2) is 18.2 Å². The Balaban J connectivity index is 3.23. The lowest BCUT2D eigenvalue weighted by atomic mass is 9.84. The molecule has 0 saturated heterocycles. The molecule has 0 spiro atoms. The largest absolute Gasteiger partial charge is 0.496 e. The van der Waals surface area contributed by atoms with Crippen molar-refractivity contribution >= 4 is 0 Å². The predicted octanol–water partition coefficient (Wildman–Crippen LogP) is 2.07. The van der Waals surface area contributed by atoms with Gasteiger partial charge in [-0.05, 0) is 18.2 Å². The molecule has 2 nitrogen and oxygen atoms in total. The van der Waals surface area contributed by atoms with Crippen LogP contribution in [0.2, 0.25) is 0 Å². The fourth-order valence-corrected chi connectivity index (χ4v) is 1.32. The summed E-state index contributed by atoms with van der Waals surface area (Å²) in [6, 6.07) is 4.49. The molecule has 0 amide bonds. The summed E-state index contributed by atoms with van der Waals surface area (Å²) in [6.45, 7) is 4.38. The summed E-state index contributed by atoms with van der Waals surface area (Å²) in [6.07, 6.45) is 0. The monoisotopic (exact) mass is 197 g/mol. The van der Waals surface area contributed by atoms with Gasteiger partial charge in [-0.3, -0.25) is 0 Å². The van der Waals surface area contributed by atoms with E-state index in [1.807, 2.05) is 13.8 Å². The van der Waals surface area contributed by atoms with E-state index in [0.29, 0.717) is 12.3 Å². The fourth-order valence-electron chi connectivity index (χ4n) is 1.32. The third-order valence-electron chi connectivity index (χ3n) is 2.40. The Bertz CT molecular complexity index is 323. The van der Waals surface area contributed by atoms with Crippen molar-refractivity contribution in [3.63, 3.8) is 0 Å². The van der Waals surface area contributed by atoms with Gasteiger partial charge in [-0.2, -0.15) is 0 Å². The molecule has 78 valence electrons. The molecule has 1 aromatic rings. The highest BCUT2D eigenvalue weighted by atomic mass is 19.1. The van der Waals surface area contributed by atoms with Crippen LogP contribution in [0.5, 0.6) is 5.75 Å². The van der Waals surface area contributed by atoms with Crippen LogP contribution in [0.1, 0.15) is 19.4 Å². The zero-order valence-corrected chi connectivity index (χ0v) is 8.80. The van der Waals surface area contributed by atoms with Crippen molar-refractivity contribution in [2.24, 2.45) is 5.73 Å². The van der Waals surface area contributed by atoms with Gasteiger partial charge >= 0.3 is 0 Å². The Labute approximate surface area is 83.9 Å². The third-order valence-corrected chi connectivity index (χ3v) is 2.40. The van der Waals surface area contributed by atoms with Crippen molar-refractivity contribution in [2.45, 2.75) is 19.3 Å². The van der Waals surface area contributed by atoms with E-state index in [-0.39, 0.29) is 11.2 Å². The molecule has 0 unspecified atom stereocenters. The molecule has 0 saturated carbocycles. The smallest absolute Gasteiger partial charge is 0.123 e. The number of ether oxygens (including phenoxy) is 1. The van der Waals surface area contributed by atoms with E-state index in [1.165, 1.54) is 12.1 Å². The number of benzene rings is 1. The standard InChI is InChI=1S/C11H16FNO/c1-11(2,7-13)9-6-8(12)4-5-10(9)14-3/h4-6H,7,13H2,1-3H3. The molecule has 0 bridgehead atoms. The Morgan fingerprint density at radius 1 is 1.43 bits per heavy atom. The normalized spacial score (nSPS) is 11.5. The van der Waals surface area contributed by atoms with E-state index in [4.69, 9.17) is 10.5 Å². The second-order valence-corrected chi connectivity index (χ2v) is 3.93. The first-order valence-corrected chi connectivity index (χ1v) is 4.55. The maximum absolute atomic E-state index is 13.1. The van der Waals surface area contributed by atoms with Crippen molar-refractivity contribution in [3.05, 3.63) is 29.6 Å². The van der Waals surface area contributed by atoms with Gasteiger partial charge in [-0.15, -0.1) is 0 Å².